The summed E-state index contributed by atoms with van der Waals surface area (Å²) in [6.45, 7) is 6.23. The Labute approximate surface area is 95.1 Å². The Hall–Kier alpha value is -1.27. The number of rotatable bonds is 3. The van der Waals surface area contributed by atoms with Crippen LogP contribution in [0.5, 0.6) is 0 Å². The minimum Gasteiger partial charge on any atom is -0.365 e. The largest absolute Gasteiger partial charge is 0.365 e. The maximum atomic E-state index is 8.78. The molecule has 0 bridgehead atoms. The quantitative estimate of drug-likeness (QED) is 0.801. The zero-order valence-electron chi connectivity index (χ0n) is 9.13. The second-order valence-corrected chi connectivity index (χ2v) is 4.43. The van der Waals surface area contributed by atoms with Crippen LogP contribution >= 0.6 is 11.6 Å². The maximum Gasteiger partial charge on any atom is 0.132 e. The number of hydrogen-bond acceptors (Lipinski definition) is 3. The fraction of sp³-hybridized carbons (Fsp3) is 0.455. The molecule has 0 fully saturated rings. The minimum atomic E-state index is -0.0512. The van der Waals surface area contributed by atoms with Crippen LogP contribution in [0.25, 0.3) is 0 Å². The summed E-state index contributed by atoms with van der Waals surface area (Å²) in [4.78, 5) is 4.12. The monoisotopic (exact) mass is 223 g/mol. The van der Waals surface area contributed by atoms with Crippen molar-refractivity contribution in [3.05, 3.63) is 22.8 Å². The van der Waals surface area contributed by atoms with Gasteiger partial charge in [0.05, 0.1) is 11.6 Å². The van der Waals surface area contributed by atoms with Crippen molar-refractivity contribution in [1.82, 2.24) is 4.98 Å². The van der Waals surface area contributed by atoms with Gasteiger partial charge in [-0.2, -0.15) is 5.26 Å². The Morgan fingerprint density at radius 3 is 2.73 bits per heavy atom. The van der Waals surface area contributed by atoms with Gasteiger partial charge in [-0.15, -0.1) is 0 Å². The topological polar surface area (TPSA) is 48.7 Å². The van der Waals surface area contributed by atoms with Gasteiger partial charge in [0.15, 0.2) is 0 Å². The lowest BCUT2D eigenvalue weighted by Crippen LogP contribution is -2.30. The van der Waals surface area contributed by atoms with Gasteiger partial charge in [-0.1, -0.05) is 18.5 Å². The van der Waals surface area contributed by atoms with Crippen molar-refractivity contribution in [3.8, 4) is 6.07 Å². The molecule has 0 spiro atoms. The van der Waals surface area contributed by atoms with E-state index in [4.69, 9.17) is 16.9 Å². The summed E-state index contributed by atoms with van der Waals surface area (Å²) < 4.78 is 0. The van der Waals surface area contributed by atoms with E-state index >= 15 is 0 Å². The van der Waals surface area contributed by atoms with E-state index in [1.807, 2.05) is 6.07 Å². The second kappa shape index (κ2) is 4.50. The highest BCUT2D eigenvalue weighted by Gasteiger charge is 2.15. The summed E-state index contributed by atoms with van der Waals surface area (Å²) in [6.07, 6.45) is 0.961. The first-order chi connectivity index (χ1) is 6.96. The highest BCUT2D eigenvalue weighted by atomic mass is 35.5. The number of hydrogen-bond donors (Lipinski definition) is 1. The molecule has 1 aromatic heterocycles. The zero-order valence-corrected chi connectivity index (χ0v) is 9.89. The number of anilines is 1. The molecular formula is C11H14ClN3. The molecule has 1 aromatic rings. The highest BCUT2D eigenvalue weighted by molar-refractivity contribution is 6.29. The summed E-state index contributed by atoms with van der Waals surface area (Å²) in [5.74, 6) is 0.644. The third-order valence-electron chi connectivity index (χ3n) is 2.27. The van der Waals surface area contributed by atoms with E-state index in [-0.39, 0.29) is 5.54 Å². The smallest absolute Gasteiger partial charge is 0.132 e. The molecule has 15 heavy (non-hydrogen) atoms. The Bertz CT molecular complexity index is 393. The van der Waals surface area contributed by atoms with Crippen molar-refractivity contribution in [2.45, 2.75) is 32.7 Å². The van der Waals surface area contributed by atoms with Crippen molar-refractivity contribution < 1.29 is 0 Å². The number of nitrogens with one attached hydrogen (secondary N) is 1. The summed E-state index contributed by atoms with van der Waals surface area (Å²) in [7, 11) is 0. The van der Waals surface area contributed by atoms with Gasteiger partial charge in [0.1, 0.15) is 11.0 Å². The van der Waals surface area contributed by atoms with Crippen LogP contribution in [-0.4, -0.2) is 10.5 Å². The van der Waals surface area contributed by atoms with Crippen LogP contribution in [0.1, 0.15) is 32.8 Å². The predicted octanol–water partition coefficient (Wildman–Crippen LogP) is 3.21. The number of nitriles is 1. The molecule has 1 rings (SSSR count). The van der Waals surface area contributed by atoms with Crippen molar-refractivity contribution in [3.63, 3.8) is 0 Å². The molecule has 0 saturated heterocycles. The molecule has 0 saturated carbocycles. The molecule has 80 valence electrons. The number of aromatic nitrogens is 1. The molecule has 4 heteroatoms. The Balaban J connectivity index is 2.96. The molecule has 0 aliphatic rings. The Morgan fingerprint density at radius 1 is 1.53 bits per heavy atom. The van der Waals surface area contributed by atoms with Gasteiger partial charge in [-0.05, 0) is 32.4 Å². The first-order valence-corrected chi connectivity index (χ1v) is 5.20. The summed E-state index contributed by atoms with van der Waals surface area (Å²) in [5.41, 5.74) is 0.467. The predicted molar refractivity (Wildman–Crippen MR) is 62.0 cm³/mol. The minimum absolute atomic E-state index is 0.0512. The molecule has 3 nitrogen and oxygen atoms in total. The third kappa shape index (κ3) is 3.41. The Kier molecular flexibility index (Phi) is 3.54. The lowest BCUT2D eigenvalue weighted by molar-refractivity contribution is 0.545. The van der Waals surface area contributed by atoms with Gasteiger partial charge in [-0.25, -0.2) is 4.98 Å². The van der Waals surface area contributed by atoms with Crippen LogP contribution in [0, 0.1) is 11.3 Å². The van der Waals surface area contributed by atoms with Crippen LogP contribution in [0.4, 0.5) is 5.82 Å². The maximum absolute atomic E-state index is 8.78. The van der Waals surface area contributed by atoms with Crippen LogP contribution in [-0.2, 0) is 0 Å². The van der Waals surface area contributed by atoms with E-state index in [1.165, 1.54) is 0 Å². The number of halogens is 1. The molecular weight excluding hydrogens is 210 g/mol. The first-order valence-electron chi connectivity index (χ1n) is 4.83. The van der Waals surface area contributed by atoms with Crippen molar-refractivity contribution in [2.24, 2.45) is 0 Å². The van der Waals surface area contributed by atoms with Gasteiger partial charge >= 0.3 is 0 Å². The molecule has 0 atom stereocenters. The summed E-state index contributed by atoms with van der Waals surface area (Å²) >= 11 is 5.80. The van der Waals surface area contributed by atoms with Gasteiger partial charge < -0.3 is 5.32 Å². The highest BCUT2D eigenvalue weighted by Crippen LogP contribution is 2.19. The van der Waals surface area contributed by atoms with Crippen LogP contribution < -0.4 is 5.32 Å². The first kappa shape index (κ1) is 11.8. The average Bonchev–Trinajstić information content (AvgIpc) is 2.16. The summed E-state index contributed by atoms with van der Waals surface area (Å²) in [6, 6.07) is 5.29. The lowest BCUT2D eigenvalue weighted by Gasteiger charge is -2.25. The molecule has 0 aromatic carbocycles. The van der Waals surface area contributed by atoms with Gasteiger partial charge in [-0.3, -0.25) is 0 Å². The molecule has 0 unspecified atom stereocenters. The second-order valence-electron chi connectivity index (χ2n) is 4.04. The van der Waals surface area contributed by atoms with E-state index in [9.17, 15) is 0 Å². The number of nitrogens with zero attached hydrogens (tertiary/aromatic N) is 2. The lowest BCUT2D eigenvalue weighted by atomic mass is 10.0. The van der Waals surface area contributed by atoms with Crippen molar-refractivity contribution >= 4 is 17.4 Å². The Morgan fingerprint density at radius 2 is 2.20 bits per heavy atom. The standard InChI is InChI=1S/C11H14ClN3/c1-4-11(2,3)15-10-6-8(7-13)5-9(12)14-10/h5-6H,4H2,1-3H3,(H,14,15). The molecule has 0 aliphatic heterocycles. The van der Waals surface area contributed by atoms with Gasteiger partial charge in [0.2, 0.25) is 0 Å². The fourth-order valence-corrected chi connectivity index (χ4v) is 1.27. The fourth-order valence-electron chi connectivity index (χ4n) is 1.06. The molecule has 0 amide bonds. The molecule has 0 radical (unpaired) electrons. The van der Waals surface area contributed by atoms with Gasteiger partial charge in [0.25, 0.3) is 0 Å². The van der Waals surface area contributed by atoms with E-state index in [1.54, 1.807) is 12.1 Å². The molecule has 0 aliphatic carbocycles. The van der Waals surface area contributed by atoms with E-state index < -0.39 is 0 Å². The number of pyridine rings is 1. The van der Waals surface area contributed by atoms with E-state index in [2.05, 4.69) is 31.1 Å². The van der Waals surface area contributed by atoms with Crippen LogP contribution in [0.3, 0.4) is 0 Å². The summed E-state index contributed by atoms with van der Waals surface area (Å²) in [5, 5.41) is 12.4. The zero-order chi connectivity index (χ0) is 11.5. The van der Waals surface area contributed by atoms with E-state index in [0.717, 1.165) is 6.42 Å². The van der Waals surface area contributed by atoms with Crippen molar-refractivity contribution in [1.29, 1.82) is 5.26 Å². The van der Waals surface area contributed by atoms with Gasteiger partial charge in [0, 0.05) is 5.54 Å². The SMILES string of the molecule is CCC(C)(C)Nc1cc(C#N)cc(Cl)n1. The molecule has 1 N–H and O–H groups in total. The molecule has 1 heterocycles. The van der Waals surface area contributed by atoms with E-state index in [0.29, 0.717) is 16.5 Å². The van der Waals surface area contributed by atoms with Crippen molar-refractivity contribution in [2.75, 3.05) is 5.32 Å². The third-order valence-corrected chi connectivity index (χ3v) is 2.47. The average molecular weight is 224 g/mol. The normalized spacial score (nSPS) is 10.9. The van der Waals surface area contributed by atoms with Crippen LogP contribution in [0.15, 0.2) is 12.1 Å². The van der Waals surface area contributed by atoms with Crippen LogP contribution in [0.2, 0.25) is 5.15 Å².